The van der Waals surface area contributed by atoms with Gasteiger partial charge < -0.3 is 9.90 Å². The number of hydrogen-bond acceptors (Lipinski definition) is 3. The fraction of sp³-hybridized carbons (Fsp3) is 0.833. The number of carbonyl (C=O) groups is 1. The minimum Gasteiger partial charge on any atom is -0.549 e. The van der Waals surface area contributed by atoms with Crippen LogP contribution in [0.4, 0.5) is 0 Å². The summed E-state index contributed by atoms with van der Waals surface area (Å²) in [6, 6.07) is 0. The minimum atomic E-state index is -1.08. The fourth-order valence-electron chi connectivity index (χ4n) is 0.543. The Balaban J connectivity index is 0. The van der Waals surface area contributed by atoms with Gasteiger partial charge in [-0.1, -0.05) is 13.8 Å². The van der Waals surface area contributed by atoms with Gasteiger partial charge in [-0.25, -0.2) is 0 Å². The number of aliphatic carboxylic acids is 1. The predicted molar refractivity (Wildman–Crippen MR) is 37.2 cm³/mol. The van der Waals surface area contributed by atoms with E-state index in [1.165, 1.54) is 0 Å². The quantitative estimate of drug-likeness (QED) is 0.364. The Morgan fingerprint density at radius 3 is 2.10 bits per heavy atom. The molecule has 0 amide bonds. The van der Waals surface area contributed by atoms with E-state index >= 15 is 0 Å². The summed E-state index contributed by atoms with van der Waals surface area (Å²) in [5.41, 5.74) is 0. The Bertz CT molecular complexity index is 106. The molecule has 0 rings (SSSR count). The summed E-state index contributed by atoms with van der Waals surface area (Å²) in [5.74, 6) is -0.711. The van der Waals surface area contributed by atoms with Crippen LogP contribution < -0.4 is 34.7 Å². The molecule has 0 aromatic rings. The van der Waals surface area contributed by atoms with Crippen LogP contribution in [0, 0.1) is 5.92 Å². The molecule has 54 valence electrons. The van der Waals surface area contributed by atoms with Gasteiger partial charge in [-0.2, -0.15) is 12.6 Å². The van der Waals surface area contributed by atoms with E-state index in [1.807, 2.05) is 13.8 Å². The second-order valence-electron chi connectivity index (χ2n) is 2.46. The van der Waals surface area contributed by atoms with Crippen LogP contribution in [0.15, 0.2) is 0 Å². The molecule has 0 bridgehead atoms. The molecule has 0 spiro atoms. The Labute approximate surface area is 89.1 Å². The van der Waals surface area contributed by atoms with Crippen molar-refractivity contribution in [2.45, 2.75) is 25.5 Å². The van der Waals surface area contributed by atoms with Crippen LogP contribution in [0.5, 0.6) is 0 Å². The average Bonchev–Trinajstić information content (AvgIpc) is 1.63. The van der Waals surface area contributed by atoms with Gasteiger partial charge in [0.2, 0.25) is 0 Å². The summed E-state index contributed by atoms with van der Waals surface area (Å²) in [4.78, 5) is 10.0. The van der Waals surface area contributed by atoms with Crippen molar-refractivity contribution in [3.63, 3.8) is 0 Å². The third-order valence-corrected chi connectivity index (χ3v) is 1.39. The number of carboxylic acid groups (broad SMARTS) is 1. The molecule has 1 atom stereocenters. The molecule has 0 saturated carbocycles. The monoisotopic (exact) mass is 170 g/mol. The van der Waals surface area contributed by atoms with E-state index < -0.39 is 11.2 Å². The van der Waals surface area contributed by atoms with Gasteiger partial charge in [0.15, 0.2) is 0 Å². The first-order chi connectivity index (χ1) is 4.04. The van der Waals surface area contributed by atoms with Crippen LogP contribution in [0.2, 0.25) is 0 Å². The minimum absolute atomic E-state index is 0. The fourth-order valence-corrected chi connectivity index (χ4v) is 0.964. The number of thiol groups is 1. The molecule has 0 aliphatic heterocycles. The summed E-state index contributed by atoms with van der Waals surface area (Å²) >= 11 is 3.80. The van der Waals surface area contributed by atoms with Crippen LogP contribution in [-0.2, 0) is 4.79 Å². The molecule has 10 heavy (non-hydrogen) atoms. The van der Waals surface area contributed by atoms with Crippen molar-refractivity contribution in [2.75, 3.05) is 0 Å². The number of rotatable bonds is 3. The molecule has 4 heteroatoms. The van der Waals surface area contributed by atoms with Gasteiger partial charge in [0.1, 0.15) is 0 Å². The summed E-state index contributed by atoms with van der Waals surface area (Å²) in [7, 11) is 0. The molecule has 0 unspecified atom stereocenters. The standard InChI is InChI=1S/C6H12O2S.Na/c1-4(2)3-5(9)6(7)8;/h4-5,9H,3H2,1-2H3,(H,7,8);/q;+1/p-1/t5-;/m0./s1. The van der Waals surface area contributed by atoms with Gasteiger partial charge >= 0.3 is 29.6 Å². The van der Waals surface area contributed by atoms with E-state index in [2.05, 4.69) is 12.6 Å². The Hall–Kier alpha value is 0.820. The largest absolute Gasteiger partial charge is 1.00 e. The van der Waals surface area contributed by atoms with Crippen molar-refractivity contribution >= 4 is 18.6 Å². The maximum atomic E-state index is 10.0. The van der Waals surface area contributed by atoms with Crippen LogP contribution >= 0.6 is 12.6 Å². The molecular formula is C6H11NaO2S. The van der Waals surface area contributed by atoms with Crippen molar-refractivity contribution in [3.8, 4) is 0 Å². The zero-order chi connectivity index (χ0) is 7.44. The summed E-state index contributed by atoms with van der Waals surface area (Å²) in [5, 5.41) is 9.44. The summed E-state index contributed by atoms with van der Waals surface area (Å²) < 4.78 is 0. The van der Waals surface area contributed by atoms with Gasteiger partial charge in [-0.15, -0.1) is 0 Å². The number of carbonyl (C=O) groups excluding carboxylic acids is 1. The normalized spacial score (nSPS) is 12.4. The van der Waals surface area contributed by atoms with Gasteiger partial charge in [0, 0.05) is 5.25 Å². The Morgan fingerprint density at radius 1 is 1.60 bits per heavy atom. The van der Waals surface area contributed by atoms with Crippen LogP contribution in [-0.4, -0.2) is 11.2 Å². The maximum absolute atomic E-state index is 10.0. The van der Waals surface area contributed by atoms with Crippen molar-refractivity contribution < 1.29 is 39.5 Å². The van der Waals surface area contributed by atoms with Crippen LogP contribution in [0.1, 0.15) is 20.3 Å². The molecule has 0 radical (unpaired) electrons. The van der Waals surface area contributed by atoms with Crippen LogP contribution in [0.25, 0.3) is 0 Å². The van der Waals surface area contributed by atoms with Crippen molar-refractivity contribution in [1.29, 1.82) is 0 Å². The second kappa shape index (κ2) is 6.53. The predicted octanol–water partition coefficient (Wildman–Crippen LogP) is -2.92. The van der Waals surface area contributed by atoms with E-state index in [0.29, 0.717) is 12.3 Å². The Morgan fingerprint density at radius 2 is 2.00 bits per heavy atom. The molecule has 0 aliphatic carbocycles. The summed E-state index contributed by atoms with van der Waals surface area (Å²) in [6.07, 6.45) is 0.575. The first kappa shape index (κ1) is 13.4. The first-order valence-corrected chi connectivity index (χ1v) is 3.44. The molecule has 2 nitrogen and oxygen atoms in total. The van der Waals surface area contributed by atoms with E-state index in [1.54, 1.807) is 0 Å². The van der Waals surface area contributed by atoms with Crippen molar-refractivity contribution in [2.24, 2.45) is 5.92 Å². The molecule has 0 heterocycles. The third-order valence-electron chi connectivity index (χ3n) is 0.967. The number of hydrogen-bond donors (Lipinski definition) is 1. The van der Waals surface area contributed by atoms with Crippen molar-refractivity contribution in [1.82, 2.24) is 0 Å². The van der Waals surface area contributed by atoms with E-state index in [-0.39, 0.29) is 29.6 Å². The molecule has 0 aromatic heterocycles. The van der Waals surface area contributed by atoms with Gasteiger partial charge in [-0.3, -0.25) is 0 Å². The summed E-state index contributed by atoms with van der Waals surface area (Å²) in [6.45, 7) is 3.90. The molecule has 0 aromatic carbocycles. The SMILES string of the molecule is CC(C)C[C@H](S)C(=O)[O-].[Na+]. The maximum Gasteiger partial charge on any atom is 1.00 e. The smallest absolute Gasteiger partial charge is 0.549 e. The molecular weight excluding hydrogens is 159 g/mol. The molecule has 0 aliphatic rings. The third kappa shape index (κ3) is 6.93. The van der Waals surface area contributed by atoms with E-state index in [9.17, 15) is 9.90 Å². The van der Waals surface area contributed by atoms with Gasteiger partial charge in [0.05, 0.1) is 5.97 Å². The van der Waals surface area contributed by atoms with E-state index in [4.69, 9.17) is 0 Å². The zero-order valence-corrected chi connectivity index (χ0v) is 9.52. The van der Waals surface area contributed by atoms with Crippen molar-refractivity contribution in [3.05, 3.63) is 0 Å². The zero-order valence-electron chi connectivity index (χ0n) is 6.63. The molecule has 0 fully saturated rings. The van der Waals surface area contributed by atoms with Gasteiger partial charge in [-0.05, 0) is 12.3 Å². The number of carboxylic acids is 1. The molecule has 0 N–H and O–H groups in total. The van der Waals surface area contributed by atoms with E-state index in [0.717, 1.165) is 0 Å². The topological polar surface area (TPSA) is 40.1 Å². The average molecular weight is 170 g/mol. The molecule has 0 saturated heterocycles. The van der Waals surface area contributed by atoms with Crippen LogP contribution in [0.3, 0.4) is 0 Å². The Kier molecular flexibility index (Phi) is 8.75. The first-order valence-electron chi connectivity index (χ1n) is 2.93. The van der Waals surface area contributed by atoms with Gasteiger partial charge in [0.25, 0.3) is 0 Å². The second-order valence-corrected chi connectivity index (χ2v) is 3.09.